The molecule has 2 aliphatic heterocycles. The zero-order valence-electron chi connectivity index (χ0n) is 45.0. The van der Waals surface area contributed by atoms with Crippen molar-refractivity contribution in [3.63, 3.8) is 0 Å². The van der Waals surface area contributed by atoms with E-state index in [0.717, 1.165) is 6.42 Å². The molecule has 2 heterocycles. The van der Waals surface area contributed by atoms with Crippen LogP contribution >= 0.6 is 0 Å². The minimum atomic E-state index is -0.0339. The van der Waals surface area contributed by atoms with Crippen molar-refractivity contribution in [1.29, 1.82) is 0 Å². The fraction of sp³-hybridized carbons (Fsp3) is 0.438. The minimum absolute atomic E-state index is 0.0217. The summed E-state index contributed by atoms with van der Waals surface area (Å²) in [6.07, 6.45) is 1.12. The molecule has 0 saturated heterocycles. The molecule has 0 atom stereocenters. The third-order valence-electron chi connectivity index (χ3n) is 15.6. The molecule has 0 bridgehead atoms. The van der Waals surface area contributed by atoms with Gasteiger partial charge in [-0.3, -0.25) is 0 Å². The Morgan fingerprint density at radius 2 is 0.866 bits per heavy atom. The Kier molecular flexibility index (Phi) is 10.5. The number of hydrogen-bond acceptors (Lipinski definition) is 2. The molecule has 348 valence electrons. The molecule has 9 rings (SSSR count). The Hall–Kier alpha value is -5.02. The lowest BCUT2D eigenvalue weighted by Crippen LogP contribution is -2.61. The molecule has 3 aliphatic rings. The lowest BCUT2D eigenvalue weighted by atomic mass is 9.33. The standard InChI is InChI=1S/C64H79BN2/c1-39-29-55-57-56(30-39)67(52-28-26-42(59(5,6)7)34-47(52)40-21-23-41(24-22-40)58(2,3)4)54-37-49-48(63(17,18)38-64(49,19)20)36-51(54)65(57)50-27-25-43(60(8,9)10)35-53(50)66(55)46-32-44(61(11,12)13)31-45(33-46)62(14,15)16/h21-37H,38H2,1-20H3. The second-order valence-corrected chi connectivity index (χ2v) is 27.3. The average Bonchev–Trinajstić information content (AvgIpc) is 3.39. The zero-order valence-corrected chi connectivity index (χ0v) is 45.0. The van der Waals surface area contributed by atoms with Gasteiger partial charge >= 0.3 is 0 Å². The normalized spacial score (nSPS) is 16.4. The summed E-state index contributed by atoms with van der Waals surface area (Å²) in [5, 5.41) is 0. The molecule has 2 nitrogen and oxygen atoms in total. The van der Waals surface area contributed by atoms with Crippen LogP contribution in [0.3, 0.4) is 0 Å². The van der Waals surface area contributed by atoms with Gasteiger partial charge in [0.25, 0.3) is 6.71 Å². The van der Waals surface area contributed by atoms with Crippen molar-refractivity contribution >= 4 is 57.2 Å². The Balaban J connectivity index is 1.43. The van der Waals surface area contributed by atoms with Gasteiger partial charge in [0.1, 0.15) is 0 Å². The van der Waals surface area contributed by atoms with Gasteiger partial charge in [-0.15, -0.1) is 0 Å². The van der Waals surface area contributed by atoms with Crippen molar-refractivity contribution in [2.75, 3.05) is 9.80 Å². The van der Waals surface area contributed by atoms with Crippen LogP contribution in [0.2, 0.25) is 0 Å². The van der Waals surface area contributed by atoms with Crippen LogP contribution in [0, 0.1) is 6.92 Å². The molecule has 0 spiro atoms. The smallest absolute Gasteiger partial charge is 0.252 e. The molecule has 0 fully saturated rings. The lowest BCUT2D eigenvalue weighted by Gasteiger charge is -2.46. The number of hydrogen-bond donors (Lipinski definition) is 0. The van der Waals surface area contributed by atoms with E-state index in [-0.39, 0.29) is 44.6 Å². The first-order valence-corrected chi connectivity index (χ1v) is 25.3. The summed E-state index contributed by atoms with van der Waals surface area (Å²) >= 11 is 0. The van der Waals surface area contributed by atoms with Crippen LogP contribution in [-0.4, -0.2) is 6.71 Å². The number of benzene rings is 6. The van der Waals surface area contributed by atoms with Crippen molar-refractivity contribution in [2.24, 2.45) is 0 Å². The highest BCUT2D eigenvalue weighted by molar-refractivity contribution is 7.00. The van der Waals surface area contributed by atoms with E-state index in [9.17, 15) is 0 Å². The molecular formula is C64H79BN2. The highest BCUT2D eigenvalue weighted by Crippen LogP contribution is 2.54. The molecule has 6 aromatic carbocycles. The van der Waals surface area contributed by atoms with E-state index in [4.69, 9.17) is 0 Å². The first-order chi connectivity index (χ1) is 30.8. The Morgan fingerprint density at radius 3 is 1.40 bits per heavy atom. The fourth-order valence-electron chi connectivity index (χ4n) is 11.8. The molecule has 0 unspecified atom stereocenters. The molecule has 3 heteroatoms. The fourth-order valence-corrected chi connectivity index (χ4v) is 11.8. The maximum atomic E-state index is 2.69. The third-order valence-corrected chi connectivity index (χ3v) is 15.6. The summed E-state index contributed by atoms with van der Waals surface area (Å²) in [5.74, 6) is 0. The van der Waals surface area contributed by atoms with Crippen molar-refractivity contribution < 1.29 is 0 Å². The summed E-state index contributed by atoms with van der Waals surface area (Å²) < 4.78 is 0. The summed E-state index contributed by atoms with van der Waals surface area (Å²) in [6, 6.07) is 42.0. The number of fused-ring (bicyclic) bond motifs is 5. The van der Waals surface area contributed by atoms with E-state index < -0.39 is 0 Å². The lowest BCUT2D eigenvalue weighted by molar-refractivity contribution is 0.403. The third kappa shape index (κ3) is 7.99. The van der Waals surface area contributed by atoms with Crippen LogP contribution < -0.4 is 26.2 Å². The topological polar surface area (TPSA) is 6.48 Å². The van der Waals surface area contributed by atoms with E-state index in [2.05, 4.69) is 251 Å². The van der Waals surface area contributed by atoms with Crippen molar-refractivity contribution in [2.45, 2.75) is 183 Å². The molecule has 0 radical (unpaired) electrons. The summed E-state index contributed by atoms with van der Waals surface area (Å²) in [6.45, 7) is 47.4. The summed E-state index contributed by atoms with van der Waals surface area (Å²) in [5.41, 5.74) is 25.3. The molecule has 67 heavy (non-hydrogen) atoms. The molecule has 0 aromatic heterocycles. The van der Waals surface area contributed by atoms with E-state index in [1.54, 1.807) is 0 Å². The van der Waals surface area contributed by atoms with E-state index >= 15 is 0 Å². The summed E-state index contributed by atoms with van der Waals surface area (Å²) in [7, 11) is 0. The highest BCUT2D eigenvalue weighted by Gasteiger charge is 2.48. The number of aryl methyl sites for hydroxylation is 1. The molecular weight excluding hydrogens is 808 g/mol. The van der Waals surface area contributed by atoms with Crippen molar-refractivity contribution in [1.82, 2.24) is 0 Å². The van der Waals surface area contributed by atoms with Crippen molar-refractivity contribution in [3.05, 3.63) is 148 Å². The van der Waals surface area contributed by atoms with Gasteiger partial charge in [-0.05, 0) is 166 Å². The Labute approximate surface area is 406 Å². The average molecular weight is 887 g/mol. The molecule has 6 aromatic rings. The summed E-state index contributed by atoms with van der Waals surface area (Å²) in [4.78, 5) is 5.35. The highest BCUT2D eigenvalue weighted by atomic mass is 15.2. The van der Waals surface area contributed by atoms with Crippen LogP contribution in [-0.2, 0) is 37.9 Å². The quantitative estimate of drug-likeness (QED) is 0.163. The van der Waals surface area contributed by atoms with E-state index in [0.29, 0.717) is 0 Å². The number of nitrogens with zero attached hydrogens (tertiary/aromatic N) is 2. The van der Waals surface area contributed by atoms with Gasteiger partial charge in [-0.25, -0.2) is 0 Å². The molecule has 0 N–H and O–H groups in total. The van der Waals surface area contributed by atoms with Crippen LogP contribution in [0.1, 0.15) is 182 Å². The molecule has 1 aliphatic carbocycles. The molecule has 0 saturated carbocycles. The largest absolute Gasteiger partial charge is 0.311 e. The van der Waals surface area contributed by atoms with Crippen LogP contribution in [0.25, 0.3) is 11.1 Å². The number of rotatable bonds is 3. The van der Waals surface area contributed by atoms with Gasteiger partial charge in [0.15, 0.2) is 0 Å². The van der Waals surface area contributed by atoms with Crippen LogP contribution in [0.15, 0.2) is 103 Å². The van der Waals surface area contributed by atoms with Gasteiger partial charge < -0.3 is 9.80 Å². The van der Waals surface area contributed by atoms with Gasteiger partial charge in [0, 0.05) is 34.0 Å². The van der Waals surface area contributed by atoms with Crippen LogP contribution in [0.4, 0.5) is 34.1 Å². The predicted octanol–water partition coefficient (Wildman–Crippen LogP) is 16.2. The minimum Gasteiger partial charge on any atom is -0.311 e. The maximum Gasteiger partial charge on any atom is 0.252 e. The SMILES string of the molecule is Cc1cc2c3c(c1)N(c1ccc(C(C)(C)C)cc1-c1ccc(C(C)(C)C)cc1)c1cc4c(cc1B3c1ccc(C(C)(C)C)cc1N2c1cc(C(C)(C)C)cc(C(C)(C)C)c1)C(C)(C)CC4(C)C. The second-order valence-electron chi connectivity index (χ2n) is 27.3. The zero-order chi connectivity index (χ0) is 48.9. The van der Waals surface area contributed by atoms with Gasteiger partial charge in [0.05, 0.1) is 5.69 Å². The van der Waals surface area contributed by atoms with Gasteiger partial charge in [-0.1, -0.05) is 186 Å². The number of anilines is 6. The monoisotopic (exact) mass is 887 g/mol. The first-order valence-electron chi connectivity index (χ1n) is 25.3. The predicted molar refractivity (Wildman–Crippen MR) is 295 cm³/mol. The van der Waals surface area contributed by atoms with Gasteiger partial charge in [-0.2, -0.15) is 0 Å². The van der Waals surface area contributed by atoms with Crippen molar-refractivity contribution in [3.8, 4) is 11.1 Å². The Bertz CT molecular complexity index is 2930. The van der Waals surface area contributed by atoms with Crippen LogP contribution in [0.5, 0.6) is 0 Å². The second kappa shape index (κ2) is 15.0. The maximum absolute atomic E-state index is 2.69. The Morgan fingerprint density at radius 1 is 0.403 bits per heavy atom. The molecule has 0 amide bonds. The van der Waals surface area contributed by atoms with Gasteiger partial charge in [0.2, 0.25) is 0 Å². The van der Waals surface area contributed by atoms with E-state index in [1.807, 2.05) is 0 Å². The first kappa shape index (κ1) is 47.1. The van der Waals surface area contributed by atoms with E-state index in [1.165, 1.54) is 106 Å².